The Morgan fingerprint density at radius 3 is 2.80 bits per heavy atom. The van der Waals surface area contributed by atoms with Gasteiger partial charge in [-0.25, -0.2) is 0 Å². The van der Waals surface area contributed by atoms with Gasteiger partial charge in [0.15, 0.2) is 0 Å². The lowest BCUT2D eigenvalue weighted by atomic mass is 10.2. The normalized spacial score (nSPS) is 10.2. The summed E-state index contributed by atoms with van der Waals surface area (Å²) in [5.74, 6) is -0.257. The molecule has 0 N–H and O–H groups in total. The lowest BCUT2D eigenvalue weighted by Gasteiger charge is -1.90. The summed E-state index contributed by atoms with van der Waals surface area (Å²) in [6.07, 6.45) is 6.63. The molecule has 2 nitrogen and oxygen atoms in total. The van der Waals surface area contributed by atoms with E-state index in [1.165, 1.54) is 19.6 Å². The highest BCUT2D eigenvalue weighted by molar-refractivity contribution is 5.66. The van der Waals surface area contributed by atoms with E-state index in [1.807, 2.05) is 6.08 Å². The molecule has 2 heteroatoms. The van der Waals surface area contributed by atoms with Gasteiger partial charge in [-0.2, -0.15) is 0 Å². The third-order valence-electron chi connectivity index (χ3n) is 1.05. The van der Waals surface area contributed by atoms with Crippen molar-refractivity contribution in [2.24, 2.45) is 0 Å². The molecule has 0 aliphatic carbocycles. The van der Waals surface area contributed by atoms with Crippen molar-refractivity contribution in [2.75, 3.05) is 0 Å². The predicted octanol–water partition coefficient (Wildman–Crippen LogP) is 2.25. The minimum Gasteiger partial charge on any atom is -0.435 e. The molecule has 0 amide bonds. The van der Waals surface area contributed by atoms with Gasteiger partial charge in [0.25, 0.3) is 0 Å². The number of unbranched alkanes of at least 4 members (excludes halogenated alkanes) is 2. The van der Waals surface area contributed by atoms with E-state index in [0.29, 0.717) is 0 Å². The van der Waals surface area contributed by atoms with Crippen LogP contribution in [0.4, 0.5) is 0 Å². The van der Waals surface area contributed by atoms with Gasteiger partial charge in [-0.15, -0.1) is 0 Å². The summed E-state index contributed by atoms with van der Waals surface area (Å²) in [5.41, 5.74) is 0. The van der Waals surface area contributed by atoms with Crippen LogP contribution in [0, 0.1) is 0 Å². The predicted molar refractivity (Wildman–Crippen MR) is 40.4 cm³/mol. The van der Waals surface area contributed by atoms with E-state index in [2.05, 4.69) is 11.7 Å². The van der Waals surface area contributed by atoms with Crippen LogP contribution < -0.4 is 0 Å². The lowest BCUT2D eigenvalue weighted by Crippen LogP contribution is -1.88. The zero-order valence-electron chi connectivity index (χ0n) is 6.59. The molecule has 0 atom stereocenters. The maximum Gasteiger partial charge on any atom is 0.307 e. The smallest absolute Gasteiger partial charge is 0.307 e. The average Bonchev–Trinajstić information content (AvgIpc) is 1.87. The highest BCUT2D eigenvalue weighted by Gasteiger charge is 1.83. The van der Waals surface area contributed by atoms with Crippen LogP contribution >= 0.6 is 0 Å². The molecule has 0 bridgehead atoms. The van der Waals surface area contributed by atoms with Crippen molar-refractivity contribution in [2.45, 2.75) is 33.1 Å². The van der Waals surface area contributed by atoms with Gasteiger partial charge in [0, 0.05) is 6.92 Å². The van der Waals surface area contributed by atoms with Crippen LogP contribution in [-0.4, -0.2) is 5.97 Å². The number of hydrogen-bond acceptors (Lipinski definition) is 2. The summed E-state index contributed by atoms with van der Waals surface area (Å²) < 4.78 is 4.57. The maximum absolute atomic E-state index is 10.2. The number of hydrogen-bond donors (Lipinski definition) is 0. The van der Waals surface area contributed by atoms with Gasteiger partial charge in [-0.05, 0) is 18.9 Å². The van der Waals surface area contributed by atoms with E-state index < -0.39 is 0 Å². The molecule has 0 saturated carbocycles. The van der Waals surface area contributed by atoms with Gasteiger partial charge in [-0.1, -0.05) is 13.3 Å². The highest BCUT2D eigenvalue weighted by Crippen LogP contribution is 1.94. The number of rotatable bonds is 4. The minimum atomic E-state index is -0.257. The monoisotopic (exact) mass is 142 g/mol. The zero-order chi connectivity index (χ0) is 7.82. The standard InChI is InChI=1S/C8H14O2/c1-3-4-5-6-7-10-8(2)9/h6-7H,3-5H2,1-2H3/b7-6+. The zero-order valence-corrected chi connectivity index (χ0v) is 6.59. The van der Waals surface area contributed by atoms with E-state index >= 15 is 0 Å². The second-order valence-electron chi connectivity index (χ2n) is 2.12. The fourth-order valence-electron chi connectivity index (χ4n) is 0.534. The highest BCUT2D eigenvalue weighted by atomic mass is 16.5. The summed E-state index contributed by atoms with van der Waals surface area (Å²) in [5, 5.41) is 0. The van der Waals surface area contributed by atoms with E-state index in [-0.39, 0.29) is 5.97 Å². The molecule has 0 rings (SSSR count). The summed E-state index contributed by atoms with van der Waals surface area (Å²) in [6, 6.07) is 0. The fraction of sp³-hybridized carbons (Fsp3) is 0.625. The van der Waals surface area contributed by atoms with Crippen LogP contribution in [0.5, 0.6) is 0 Å². The SMILES string of the molecule is CCCC/C=C/OC(C)=O. The van der Waals surface area contributed by atoms with E-state index in [0.717, 1.165) is 12.8 Å². The largest absolute Gasteiger partial charge is 0.435 e. The molecule has 0 fully saturated rings. The van der Waals surface area contributed by atoms with Crippen LogP contribution in [0.15, 0.2) is 12.3 Å². The van der Waals surface area contributed by atoms with E-state index in [4.69, 9.17) is 0 Å². The third kappa shape index (κ3) is 7.21. The fourth-order valence-corrected chi connectivity index (χ4v) is 0.534. The molecule has 0 saturated heterocycles. The molecule has 0 radical (unpaired) electrons. The Labute approximate surface area is 61.9 Å². The first-order chi connectivity index (χ1) is 4.77. The molecule has 0 heterocycles. The number of esters is 1. The van der Waals surface area contributed by atoms with Gasteiger partial charge in [0.05, 0.1) is 6.26 Å². The molecule has 58 valence electrons. The Kier molecular flexibility index (Phi) is 5.83. The summed E-state index contributed by atoms with van der Waals surface area (Å²) in [7, 11) is 0. The number of carbonyl (C=O) groups excluding carboxylic acids is 1. The molecule has 0 unspecified atom stereocenters. The van der Waals surface area contributed by atoms with Gasteiger partial charge in [-0.3, -0.25) is 4.79 Å². The summed E-state index contributed by atoms with van der Waals surface area (Å²) in [4.78, 5) is 10.2. The van der Waals surface area contributed by atoms with E-state index in [1.54, 1.807) is 0 Å². The van der Waals surface area contributed by atoms with Crippen LogP contribution in [-0.2, 0) is 9.53 Å². The van der Waals surface area contributed by atoms with Crippen molar-refractivity contribution >= 4 is 5.97 Å². The molecular formula is C8H14O2. The Morgan fingerprint density at radius 2 is 2.30 bits per heavy atom. The van der Waals surface area contributed by atoms with Crippen molar-refractivity contribution in [3.63, 3.8) is 0 Å². The lowest BCUT2D eigenvalue weighted by molar-refractivity contribution is -0.135. The average molecular weight is 142 g/mol. The van der Waals surface area contributed by atoms with Crippen molar-refractivity contribution < 1.29 is 9.53 Å². The first-order valence-corrected chi connectivity index (χ1v) is 3.59. The van der Waals surface area contributed by atoms with Crippen molar-refractivity contribution in [1.82, 2.24) is 0 Å². The number of carbonyl (C=O) groups is 1. The minimum absolute atomic E-state index is 0.257. The van der Waals surface area contributed by atoms with Gasteiger partial charge < -0.3 is 4.74 Å². The van der Waals surface area contributed by atoms with Gasteiger partial charge in [0.1, 0.15) is 0 Å². The van der Waals surface area contributed by atoms with Gasteiger partial charge in [0.2, 0.25) is 0 Å². The number of ether oxygens (including phenoxy) is 1. The van der Waals surface area contributed by atoms with Crippen LogP contribution in [0.2, 0.25) is 0 Å². The van der Waals surface area contributed by atoms with Crippen LogP contribution in [0.25, 0.3) is 0 Å². The second kappa shape index (κ2) is 6.33. The Bertz CT molecular complexity index is 116. The molecule has 0 aliphatic rings. The molecule has 0 aromatic carbocycles. The van der Waals surface area contributed by atoms with Crippen molar-refractivity contribution in [3.05, 3.63) is 12.3 Å². The van der Waals surface area contributed by atoms with Crippen molar-refractivity contribution in [1.29, 1.82) is 0 Å². The number of allylic oxidation sites excluding steroid dienone is 1. The van der Waals surface area contributed by atoms with Crippen molar-refractivity contribution in [3.8, 4) is 0 Å². The Morgan fingerprint density at radius 1 is 1.60 bits per heavy atom. The molecule has 0 aromatic heterocycles. The van der Waals surface area contributed by atoms with Crippen LogP contribution in [0.3, 0.4) is 0 Å². The maximum atomic E-state index is 10.2. The first-order valence-electron chi connectivity index (χ1n) is 3.59. The molecular weight excluding hydrogens is 128 g/mol. The van der Waals surface area contributed by atoms with E-state index in [9.17, 15) is 4.79 Å². The molecule has 0 spiro atoms. The quantitative estimate of drug-likeness (QED) is 0.342. The molecule has 0 aromatic rings. The van der Waals surface area contributed by atoms with Gasteiger partial charge >= 0.3 is 5.97 Å². The summed E-state index contributed by atoms with van der Waals surface area (Å²) in [6.45, 7) is 3.52. The molecule has 10 heavy (non-hydrogen) atoms. The Hall–Kier alpha value is -0.790. The third-order valence-corrected chi connectivity index (χ3v) is 1.05. The molecule has 0 aliphatic heterocycles. The van der Waals surface area contributed by atoms with Crippen LogP contribution in [0.1, 0.15) is 33.1 Å². The summed E-state index contributed by atoms with van der Waals surface area (Å²) >= 11 is 0. The Balaban J connectivity index is 3.12. The topological polar surface area (TPSA) is 26.3 Å². The first kappa shape index (κ1) is 9.21. The second-order valence-corrected chi connectivity index (χ2v) is 2.12.